The number of thiazole rings is 2. The molecule has 126 valence electrons. The van der Waals surface area contributed by atoms with E-state index in [0.717, 1.165) is 34.2 Å². The van der Waals surface area contributed by atoms with Gasteiger partial charge < -0.3 is 5.32 Å². The number of anilines is 1. The number of nitrogens with one attached hydrogen (secondary N) is 1. The van der Waals surface area contributed by atoms with E-state index in [4.69, 9.17) is 4.98 Å². The molecular weight excluding hydrogens is 346 g/mol. The van der Waals surface area contributed by atoms with Crippen molar-refractivity contribution in [3.63, 3.8) is 0 Å². The van der Waals surface area contributed by atoms with Crippen LogP contribution in [0.15, 0.2) is 53.9 Å². The third-order valence-corrected chi connectivity index (χ3v) is 5.95. The monoisotopic (exact) mass is 365 g/mol. The maximum atomic E-state index is 4.73. The van der Waals surface area contributed by atoms with Crippen LogP contribution in [0.4, 0.5) is 5.13 Å². The Morgan fingerprint density at radius 1 is 1.00 bits per heavy atom. The lowest BCUT2D eigenvalue weighted by molar-refractivity contribution is 1.02. The van der Waals surface area contributed by atoms with Crippen molar-refractivity contribution in [2.75, 3.05) is 5.32 Å². The van der Waals surface area contributed by atoms with Gasteiger partial charge in [-0.25, -0.2) is 9.97 Å². The third kappa shape index (κ3) is 3.89. The van der Waals surface area contributed by atoms with Gasteiger partial charge in [0.05, 0.1) is 27.5 Å². The van der Waals surface area contributed by atoms with E-state index in [-0.39, 0.29) is 0 Å². The van der Waals surface area contributed by atoms with Gasteiger partial charge in [0.2, 0.25) is 0 Å². The summed E-state index contributed by atoms with van der Waals surface area (Å²) in [5.41, 5.74) is 4.79. The molecule has 2 heterocycles. The minimum atomic E-state index is 0.714. The minimum Gasteiger partial charge on any atom is -0.356 e. The Morgan fingerprint density at radius 3 is 2.72 bits per heavy atom. The average Bonchev–Trinajstić information content (AvgIpc) is 3.26. The Labute approximate surface area is 155 Å². The van der Waals surface area contributed by atoms with E-state index >= 15 is 0 Å². The topological polar surface area (TPSA) is 37.8 Å². The van der Waals surface area contributed by atoms with E-state index in [1.165, 1.54) is 15.8 Å². The van der Waals surface area contributed by atoms with Crippen LogP contribution in [-0.4, -0.2) is 9.97 Å². The maximum absolute atomic E-state index is 4.73. The van der Waals surface area contributed by atoms with Crippen molar-refractivity contribution >= 4 is 38.0 Å². The van der Waals surface area contributed by atoms with Gasteiger partial charge in [0, 0.05) is 11.8 Å². The van der Waals surface area contributed by atoms with Crippen molar-refractivity contribution in [3.8, 4) is 0 Å². The molecule has 1 N–H and O–H groups in total. The van der Waals surface area contributed by atoms with E-state index in [0.29, 0.717) is 6.54 Å². The van der Waals surface area contributed by atoms with Gasteiger partial charge in [-0.2, -0.15) is 0 Å². The molecule has 0 unspecified atom stereocenters. The fourth-order valence-corrected chi connectivity index (χ4v) is 4.47. The normalized spacial score (nSPS) is 11.1. The molecule has 0 amide bonds. The van der Waals surface area contributed by atoms with Crippen LogP contribution in [0.1, 0.15) is 28.8 Å². The molecule has 2 aromatic heterocycles. The molecule has 0 saturated heterocycles. The summed E-state index contributed by atoms with van der Waals surface area (Å²) in [6, 6.07) is 17.0. The highest BCUT2D eigenvalue weighted by Crippen LogP contribution is 2.27. The molecule has 0 aliphatic rings. The van der Waals surface area contributed by atoms with E-state index < -0.39 is 0 Å². The smallest absolute Gasteiger partial charge is 0.184 e. The first-order valence-electron chi connectivity index (χ1n) is 8.40. The number of hydrogen-bond donors (Lipinski definition) is 1. The first-order chi connectivity index (χ1) is 12.3. The Bertz CT molecular complexity index is 973. The highest BCUT2D eigenvalue weighted by atomic mass is 32.1. The first kappa shape index (κ1) is 16.2. The molecule has 25 heavy (non-hydrogen) atoms. The van der Waals surface area contributed by atoms with Crippen LogP contribution in [0, 0.1) is 0 Å². The Balaban J connectivity index is 1.41. The highest BCUT2D eigenvalue weighted by Gasteiger charge is 2.07. The van der Waals surface area contributed by atoms with Crippen LogP contribution in [0.3, 0.4) is 0 Å². The van der Waals surface area contributed by atoms with Crippen molar-refractivity contribution in [3.05, 3.63) is 75.7 Å². The first-order valence-corrected chi connectivity index (χ1v) is 10.1. The molecule has 2 aromatic carbocycles. The highest BCUT2D eigenvalue weighted by molar-refractivity contribution is 7.22. The molecule has 0 radical (unpaired) electrons. The van der Waals surface area contributed by atoms with Crippen molar-refractivity contribution in [2.24, 2.45) is 0 Å². The number of benzene rings is 2. The molecule has 0 atom stereocenters. The van der Waals surface area contributed by atoms with Gasteiger partial charge in [-0.1, -0.05) is 54.7 Å². The Kier molecular flexibility index (Phi) is 4.76. The van der Waals surface area contributed by atoms with Crippen LogP contribution < -0.4 is 5.32 Å². The molecule has 0 aliphatic heterocycles. The summed E-state index contributed by atoms with van der Waals surface area (Å²) >= 11 is 3.43. The van der Waals surface area contributed by atoms with E-state index in [1.54, 1.807) is 22.7 Å². The molecule has 0 fully saturated rings. The number of aryl methyl sites for hydroxylation is 1. The summed E-state index contributed by atoms with van der Waals surface area (Å²) in [5.74, 6) is 0. The lowest BCUT2D eigenvalue weighted by Crippen LogP contribution is -1.99. The van der Waals surface area contributed by atoms with Crippen LogP contribution in [0.2, 0.25) is 0 Å². The molecule has 0 bridgehead atoms. The van der Waals surface area contributed by atoms with E-state index in [2.05, 4.69) is 65.1 Å². The van der Waals surface area contributed by atoms with E-state index in [9.17, 15) is 0 Å². The number of nitrogens with zero attached hydrogens (tertiary/aromatic N) is 2. The van der Waals surface area contributed by atoms with Gasteiger partial charge in [-0.3, -0.25) is 0 Å². The van der Waals surface area contributed by atoms with Crippen molar-refractivity contribution in [1.29, 1.82) is 0 Å². The Morgan fingerprint density at radius 2 is 1.88 bits per heavy atom. The van der Waals surface area contributed by atoms with Gasteiger partial charge in [-0.05, 0) is 29.7 Å². The molecule has 5 heteroatoms. The zero-order chi connectivity index (χ0) is 17.1. The predicted octanol–water partition coefficient (Wildman–Crippen LogP) is 5.52. The molecule has 4 rings (SSSR count). The lowest BCUT2D eigenvalue weighted by atomic mass is 10.2. The summed E-state index contributed by atoms with van der Waals surface area (Å²) in [6.45, 7) is 2.89. The van der Waals surface area contributed by atoms with E-state index in [1.807, 2.05) is 6.07 Å². The molecule has 4 aromatic rings. The van der Waals surface area contributed by atoms with Crippen LogP contribution in [0.25, 0.3) is 10.2 Å². The lowest BCUT2D eigenvalue weighted by Gasteiger charge is -1.99. The van der Waals surface area contributed by atoms with Crippen LogP contribution >= 0.6 is 22.7 Å². The fourth-order valence-electron chi connectivity index (χ4n) is 2.71. The SMILES string of the molecule is CCc1ccc2nc(NCc3csc(Cc4ccccc4)n3)sc2c1. The maximum Gasteiger partial charge on any atom is 0.184 e. The van der Waals surface area contributed by atoms with Crippen molar-refractivity contribution in [2.45, 2.75) is 26.3 Å². The van der Waals surface area contributed by atoms with Crippen LogP contribution in [0.5, 0.6) is 0 Å². The molecule has 0 aliphatic carbocycles. The second-order valence-corrected chi connectivity index (χ2v) is 7.90. The summed E-state index contributed by atoms with van der Waals surface area (Å²) in [4.78, 5) is 9.40. The number of rotatable bonds is 6. The standard InChI is InChI=1S/C20H19N3S2/c1-2-14-8-9-17-18(10-14)25-20(23-17)21-12-16-13-24-19(22-16)11-15-6-4-3-5-7-15/h3-10,13H,2,11-12H2,1H3,(H,21,23). The zero-order valence-electron chi connectivity index (χ0n) is 14.0. The van der Waals surface area contributed by atoms with Gasteiger partial charge in [0.15, 0.2) is 5.13 Å². The second-order valence-electron chi connectivity index (χ2n) is 5.92. The summed E-state index contributed by atoms with van der Waals surface area (Å²) in [7, 11) is 0. The van der Waals surface area contributed by atoms with Gasteiger partial charge >= 0.3 is 0 Å². The Hall–Kier alpha value is -2.24. The predicted molar refractivity (Wildman–Crippen MR) is 108 cm³/mol. The van der Waals surface area contributed by atoms with Crippen molar-refractivity contribution < 1.29 is 0 Å². The largest absolute Gasteiger partial charge is 0.356 e. The molecule has 0 spiro atoms. The number of aromatic nitrogens is 2. The summed E-state index contributed by atoms with van der Waals surface area (Å²) < 4.78 is 1.24. The molecular formula is C20H19N3S2. The quantitative estimate of drug-likeness (QED) is 0.489. The molecule has 3 nitrogen and oxygen atoms in total. The van der Waals surface area contributed by atoms with Gasteiger partial charge in [0.25, 0.3) is 0 Å². The van der Waals surface area contributed by atoms with Gasteiger partial charge in [-0.15, -0.1) is 11.3 Å². The third-order valence-electron chi connectivity index (χ3n) is 4.08. The number of hydrogen-bond acceptors (Lipinski definition) is 5. The zero-order valence-corrected chi connectivity index (χ0v) is 15.7. The molecule has 0 saturated carbocycles. The summed E-state index contributed by atoms with van der Waals surface area (Å²) in [6.07, 6.45) is 1.95. The fraction of sp³-hybridized carbons (Fsp3) is 0.200. The average molecular weight is 366 g/mol. The second kappa shape index (κ2) is 7.33. The minimum absolute atomic E-state index is 0.714. The summed E-state index contributed by atoms with van der Waals surface area (Å²) in [5, 5.41) is 7.66. The number of fused-ring (bicyclic) bond motifs is 1. The van der Waals surface area contributed by atoms with Crippen molar-refractivity contribution in [1.82, 2.24) is 9.97 Å². The van der Waals surface area contributed by atoms with Gasteiger partial charge in [0.1, 0.15) is 0 Å². The van der Waals surface area contributed by atoms with Crippen LogP contribution in [-0.2, 0) is 19.4 Å².